The summed E-state index contributed by atoms with van der Waals surface area (Å²) in [5, 5.41) is 1.78. The van der Waals surface area contributed by atoms with Gasteiger partial charge in [0, 0.05) is 27.0 Å². The maximum atomic E-state index is 5.25. The van der Waals surface area contributed by atoms with Crippen LogP contribution < -0.4 is 0 Å². The van der Waals surface area contributed by atoms with Crippen LogP contribution in [0.5, 0.6) is 0 Å². The molecular weight excluding hydrogens is 442 g/mol. The maximum absolute atomic E-state index is 5.25. The molecule has 1 aliphatic heterocycles. The lowest BCUT2D eigenvalue weighted by Crippen LogP contribution is -2.23. The number of thioether (sulfide) groups is 1. The van der Waals surface area contributed by atoms with Gasteiger partial charge in [-0.05, 0) is 95.7 Å². The van der Waals surface area contributed by atoms with Gasteiger partial charge in [0.25, 0.3) is 0 Å². The molecule has 6 rings (SSSR count). The first-order valence-electron chi connectivity index (χ1n) is 13.0. The summed E-state index contributed by atoms with van der Waals surface area (Å²) in [5.41, 5.74) is 13.5. The van der Waals surface area contributed by atoms with Gasteiger partial charge in [-0.3, -0.25) is 0 Å². The van der Waals surface area contributed by atoms with Crippen molar-refractivity contribution < 1.29 is 0 Å². The van der Waals surface area contributed by atoms with Crippen molar-refractivity contribution in [3.05, 3.63) is 93.5 Å². The molecule has 0 saturated heterocycles. The third-order valence-corrected chi connectivity index (χ3v) is 9.56. The Bertz CT molecular complexity index is 1490. The summed E-state index contributed by atoms with van der Waals surface area (Å²) < 4.78 is 0. The molecule has 1 aromatic heterocycles. The highest BCUT2D eigenvalue weighted by molar-refractivity contribution is 8.00. The molecule has 0 fully saturated rings. The van der Waals surface area contributed by atoms with Crippen LogP contribution >= 0.6 is 11.8 Å². The van der Waals surface area contributed by atoms with Crippen molar-refractivity contribution in [2.24, 2.45) is 5.92 Å². The van der Waals surface area contributed by atoms with Gasteiger partial charge in [-0.1, -0.05) is 64.1 Å². The molecule has 2 heteroatoms. The van der Waals surface area contributed by atoms with Crippen LogP contribution in [0.3, 0.4) is 0 Å². The molecule has 2 aliphatic rings. The Morgan fingerprint density at radius 3 is 2.46 bits per heavy atom. The average Bonchev–Trinajstić information content (AvgIpc) is 3.26. The van der Waals surface area contributed by atoms with Crippen molar-refractivity contribution in [3.63, 3.8) is 0 Å². The highest BCUT2D eigenvalue weighted by atomic mass is 32.2. The lowest BCUT2D eigenvalue weighted by molar-refractivity contribution is 0.446. The lowest BCUT2D eigenvalue weighted by atomic mass is 9.73. The zero-order valence-corrected chi connectivity index (χ0v) is 22.8. The molecule has 2 atom stereocenters. The van der Waals surface area contributed by atoms with Crippen molar-refractivity contribution in [3.8, 4) is 11.3 Å². The van der Waals surface area contributed by atoms with E-state index in [0.717, 1.165) is 17.6 Å². The van der Waals surface area contributed by atoms with E-state index < -0.39 is 0 Å². The molecule has 1 aliphatic carbocycles. The summed E-state index contributed by atoms with van der Waals surface area (Å²) in [7, 11) is 0. The highest BCUT2D eigenvalue weighted by Gasteiger charge is 2.52. The Hall–Kier alpha value is -2.58. The third kappa shape index (κ3) is 3.48. The molecule has 178 valence electrons. The molecule has 1 nitrogen and oxygen atoms in total. The number of nitrogens with zero attached hydrogens (tertiary/aromatic N) is 1. The molecule has 0 saturated carbocycles. The fourth-order valence-electron chi connectivity index (χ4n) is 6.94. The van der Waals surface area contributed by atoms with E-state index >= 15 is 0 Å². The van der Waals surface area contributed by atoms with Gasteiger partial charge < -0.3 is 0 Å². The zero-order valence-electron chi connectivity index (χ0n) is 22.0. The number of hydrogen-bond acceptors (Lipinski definition) is 2. The molecule has 0 bridgehead atoms. The Kier molecular flexibility index (Phi) is 5.20. The number of pyridine rings is 1. The number of aryl methyl sites for hydroxylation is 3. The van der Waals surface area contributed by atoms with Gasteiger partial charge in [-0.2, -0.15) is 0 Å². The van der Waals surface area contributed by atoms with Crippen LogP contribution in [0.4, 0.5) is 0 Å². The lowest BCUT2D eigenvalue weighted by Gasteiger charge is -2.30. The van der Waals surface area contributed by atoms with Gasteiger partial charge in [0.15, 0.2) is 0 Å². The smallest absolute Gasteiger partial charge is 0.0717 e. The molecule has 0 radical (unpaired) electrons. The number of aromatic nitrogens is 1. The van der Waals surface area contributed by atoms with Gasteiger partial charge in [0.1, 0.15) is 0 Å². The van der Waals surface area contributed by atoms with E-state index in [1.165, 1.54) is 49.2 Å². The molecule has 0 N–H and O–H groups in total. The van der Waals surface area contributed by atoms with Crippen LogP contribution in [0.15, 0.2) is 59.5 Å². The largest absolute Gasteiger partial charge is 0.248 e. The Morgan fingerprint density at radius 1 is 0.914 bits per heavy atom. The predicted octanol–water partition coefficient (Wildman–Crippen LogP) is 9.25. The molecule has 0 amide bonds. The van der Waals surface area contributed by atoms with Gasteiger partial charge >= 0.3 is 0 Å². The van der Waals surface area contributed by atoms with E-state index in [1.54, 1.807) is 5.56 Å². The number of fused-ring (bicyclic) bond motifs is 6. The summed E-state index contributed by atoms with van der Waals surface area (Å²) in [6, 6.07) is 21.0. The van der Waals surface area contributed by atoms with Crippen molar-refractivity contribution in [2.75, 3.05) is 0 Å². The van der Waals surface area contributed by atoms with Crippen LogP contribution in [-0.2, 0) is 11.8 Å². The van der Waals surface area contributed by atoms with Gasteiger partial charge in [0.05, 0.1) is 11.2 Å². The van der Waals surface area contributed by atoms with Crippen molar-refractivity contribution in [2.45, 2.75) is 76.4 Å². The summed E-state index contributed by atoms with van der Waals surface area (Å²) in [5.74, 6) is 1.17. The van der Waals surface area contributed by atoms with E-state index in [4.69, 9.17) is 4.98 Å². The first-order valence-corrected chi connectivity index (χ1v) is 13.8. The van der Waals surface area contributed by atoms with E-state index in [1.807, 2.05) is 0 Å². The first kappa shape index (κ1) is 22.9. The Balaban J connectivity index is 1.51. The first-order chi connectivity index (χ1) is 16.6. The Labute approximate surface area is 214 Å². The van der Waals surface area contributed by atoms with E-state index in [0.29, 0.717) is 17.1 Å². The maximum Gasteiger partial charge on any atom is 0.0717 e. The molecular formula is C33H35NS. The average molecular weight is 478 g/mol. The standard InChI is InChI=1S/C33H35NS/c1-18(2)13-22-11-12-28-25(17-22)31-32(35-28)24-10-8-9-23(30(24)33(31,6)7)26-16-21(5)29-20(4)14-19(3)15-27(29)34-26/h8-12,14-18,31-32H,13H2,1-7H3. The molecule has 2 heterocycles. The van der Waals surface area contributed by atoms with Crippen LogP contribution in [0.2, 0.25) is 0 Å². The van der Waals surface area contributed by atoms with Crippen molar-refractivity contribution in [1.82, 2.24) is 4.98 Å². The highest BCUT2D eigenvalue weighted by Crippen LogP contribution is 2.67. The molecule has 3 aromatic carbocycles. The minimum Gasteiger partial charge on any atom is -0.248 e. The number of rotatable bonds is 3. The van der Waals surface area contributed by atoms with Crippen LogP contribution in [0.25, 0.3) is 22.2 Å². The minimum absolute atomic E-state index is 0.0400. The predicted molar refractivity (Wildman–Crippen MR) is 151 cm³/mol. The van der Waals surface area contributed by atoms with Gasteiger partial charge in [-0.15, -0.1) is 11.8 Å². The fourth-order valence-corrected chi connectivity index (χ4v) is 8.63. The normalized spacial score (nSPS) is 19.8. The second kappa shape index (κ2) is 7.96. The topological polar surface area (TPSA) is 12.9 Å². The monoisotopic (exact) mass is 477 g/mol. The van der Waals surface area contributed by atoms with E-state index in [9.17, 15) is 0 Å². The number of benzene rings is 3. The van der Waals surface area contributed by atoms with Crippen LogP contribution in [-0.4, -0.2) is 4.98 Å². The molecule has 2 unspecified atom stereocenters. The zero-order chi connectivity index (χ0) is 24.6. The second-order valence-corrected chi connectivity index (χ2v) is 13.0. The third-order valence-electron chi connectivity index (χ3n) is 8.16. The molecule has 0 spiro atoms. The van der Waals surface area contributed by atoms with Crippen molar-refractivity contribution in [1.29, 1.82) is 0 Å². The van der Waals surface area contributed by atoms with E-state index in [-0.39, 0.29) is 5.41 Å². The Morgan fingerprint density at radius 2 is 1.69 bits per heavy atom. The molecule has 35 heavy (non-hydrogen) atoms. The van der Waals surface area contributed by atoms with Crippen LogP contribution in [0.1, 0.15) is 77.8 Å². The van der Waals surface area contributed by atoms with Crippen molar-refractivity contribution >= 4 is 22.7 Å². The fraction of sp³-hybridized carbons (Fsp3) is 0.364. The minimum atomic E-state index is 0.0400. The SMILES string of the molecule is Cc1cc(C)c2c(C)cc(-c3cccc4c3C(C)(C)C3c5cc(CC(C)C)ccc5SC43)nc2c1. The summed E-state index contributed by atoms with van der Waals surface area (Å²) in [6.45, 7) is 16.2. The summed E-state index contributed by atoms with van der Waals surface area (Å²) in [4.78, 5) is 6.72. The molecule has 4 aromatic rings. The van der Waals surface area contributed by atoms with Gasteiger partial charge in [-0.25, -0.2) is 4.98 Å². The quantitative estimate of drug-likeness (QED) is 0.292. The number of hydrogen-bond donors (Lipinski definition) is 0. The van der Waals surface area contributed by atoms with Crippen LogP contribution in [0, 0.1) is 26.7 Å². The van der Waals surface area contributed by atoms with Gasteiger partial charge in [0.2, 0.25) is 0 Å². The van der Waals surface area contributed by atoms with E-state index in [2.05, 4.69) is 115 Å². The second-order valence-electron chi connectivity index (χ2n) is 11.8. The summed E-state index contributed by atoms with van der Waals surface area (Å²) >= 11 is 2.07. The summed E-state index contributed by atoms with van der Waals surface area (Å²) in [6.07, 6.45) is 1.15.